The molecule has 0 radical (unpaired) electrons. The number of sulfone groups is 1. The minimum absolute atomic E-state index is 0.00545. The molecule has 1 aliphatic heterocycles. The zero-order valence-corrected chi connectivity index (χ0v) is 14.1. The Labute approximate surface area is 149 Å². The first-order valence-electron chi connectivity index (χ1n) is 7.76. The van der Waals surface area contributed by atoms with Gasteiger partial charge in [-0.3, -0.25) is 4.79 Å². The Bertz CT molecular complexity index is 1040. The van der Waals surface area contributed by atoms with Gasteiger partial charge in [0.25, 0.3) is 0 Å². The van der Waals surface area contributed by atoms with Gasteiger partial charge in [0.1, 0.15) is 5.25 Å². The third-order valence-corrected chi connectivity index (χ3v) is 7.08. The summed E-state index contributed by atoms with van der Waals surface area (Å²) in [6, 6.07) is 14.0. The second kappa shape index (κ2) is 5.47. The molecule has 0 aromatic heterocycles. The number of nitriles is 1. The molecule has 0 spiro atoms. The number of carboxylic acids is 1. The molecular weight excluding hydrogens is 358 g/mol. The van der Waals surface area contributed by atoms with E-state index in [4.69, 9.17) is 9.47 Å². The van der Waals surface area contributed by atoms with E-state index in [9.17, 15) is 23.6 Å². The Morgan fingerprint density at radius 3 is 2.50 bits per heavy atom. The van der Waals surface area contributed by atoms with E-state index in [0.717, 1.165) is 0 Å². The molecule has 4 rings (SSSR count). The fraction of sp³-hybridized carbons (Fsp3) is 0.222. The van der Waals surface area contributed by atoms with E-state index in [1.807, 2.05) is 0 Å². The average molecular weight is 371 g/mol. The molecule has 1 fully saturated rings. The van der Waals surface area contributed by atoms with Crippen LogP contribution in [0.2, 0.25) is 0 Å². The van der Waals surface area contributed by atoms with Gasteiger partial charge in [0, 0.05) is 5.92 Å². The maximum absolute atomic E-state index is 13.0. The molecule has 1 saturated carbocycles. The minimum atomic E-state index is -4.02. The number of nitrogens with zero attached hydrogens (tertiary/aromatic N) is 1. The van der Waals surface area contributed by atoms with Crippen molar-refractivity contribution in [3.63, 3.8) is 0 Å². The van der Waals surface area contributed by atoms with Gasteiger partial charge in [-0.2, -0.15) is 5.26 Å². The number of hydrogen-bond donors (Lipinski definition) is 1. The first-order chi connectivity index (χ1) is 12.4. The lowest BCUT2D eigenvalue weighted by Gasteiger charge is -2.04. The monoisotopic (exact) mass is 371 g/mol. The number of carboxylic acid groups (broad SMARTS) is 1. The first kappa shape index (κ1) is 16.4. The predicted octanol–water partition coefficient (Wildman–Crippen LogP) is 1.95. The summed E-state index contributed by atoms with van der Waals surface area (Å²) in [6.45, 7) is 0.0392. The first-order valence-corrected chi connectivity index (χ1v) is 9.30. The van der Waals surface area contributed by atoms with Crippen molar-refractivity contribution < 1.29 is 27.8 Å². The van der Waals surface area contributed by atoms with Crippen LogP contribution in [-0.4, -0.2) is 31.5 Å². The van der Waals surface area contributed by atoms with E-state index in [-0.39, 0.29) is 11.7 Å². The molecule has 2 aliphatic rings. The summed E-state index contributed by atoms with van der Waals surface area (Å²) in [6.07, 6.45) is 0. The number of benzene rings is 2. The van der Waals surface area contributed by atoms with Gasteiger partial charge in [-0.1, -0.05) is 24.3 Å². The van der Waals surface area contributed by atoms with Crippen LogP contribution in [0, 0.1) is 16.7 Å². The van der Waals surface area contributed by atoms with Crippen molar-refractivity contribution in [3.8, 4) is 17.6 Å². The maximum atomic E-state index is 13.0. The van der Waals surface area contributed by atoms with Crippen LogP contribution in [0.5, 0.6) is 11.5 Å². The SMILES string of the molecule is N#C[C@]1(C(=O)O)[C@H](c2ccc3c(c2)OCO3)[C@@H]1S(=O)(=O)c1ccccc1. The van der Waals surface area contributed by atoms with Gasteiger partial charge in [-0.05, 0) is 29.8 Å². The van der Waals surface area contributed by atoms with Crippen molar-refractivity contribution in [3.05, 3.63) is 54.1 Å². The van der Waals surface area contributed by atoms with E-state index < -0.39 is 32.4 Å². The normalized spacial score (nSPS) is 26.1. The Morgan fingerprint density at radius 2 is 1.85 bits per heavy atom. The van der Waals surface area contributed by atoms with E-state index in [2.05, 4.69) is 0 Å². The summed E-state index contributed by atoms with van der Waals surface area (Å²) in [7, 11) is -4.02. The molecule has 7 nitrogen and oxygen atoms in total. The molecule has 2 aromatic carbocycles. The molecule has 0 unspecified atom stereocenters. The third-order valence-electron chi connectivity index (χ3n) is 4.83. The average Bonchev–Trinajstić information content (AvgIpc) is 3.15. The third kappa shape index (κ3) is 2.10. The molecule has 26 heavy (non-hydrogen) atoms. The Hall–Kier alpha value is -3.05. The molecule has 3 atom stereocenters. The van der Waals surface area contributed by atoms with Crippen molar-refractivity contribution in [2.24, 2.45) is 5.41 Å². The van der Waals surface area contributed by atoms with E-state index in [1.54, 1.807) is 42.5 Å². The largest absolute Gasteiger partial charge is 0.480 e. The smallest absolute Gasteiger partial charge is 0.326 e. The molecule has 0 saturated heterocycles. The van der Waals surface area contributed by atoms with Gasteiger partial charge in [0.05, 0.1) is 11.0 Å². The summed E-state index contributed by atoms with van der Waals surface area (Å²) in [5.74, 6) is -1.55. The number of fused-ring (bicyclic) bond motifs is 1. The van der Waals surface area contributed by atoms with Crippen LogP contribution in [0.3, 0.4) is 0 Å². The van der Waals surface area contributed by atoms with Crippen LogP contribution in [0.4, 0.5) is 0 Å². The number of aliphatic carboxylic acids is 1. The van der Waals surface area contributed by atoms with Crippen molar-refractivity contribution in [1.82, 2.24) is 0 Å². The zero-order chi connectivity index (χ0) is 18.5. The molecule has 8 heteroatoms. The molecule has 2 aromatic rings. The predicted molar refractivity (Wildman–Crippen MR) is 88.4 cm³/mol. The lowest BCUT2D eigenvalue weighted by atomic mass is 10.0. The van der Waals surface area contributed by atoms with Gasteiger partial charge in [-0.25, -0.2) is 8.42 Å². The van der Waals surface area contributed by atoms with Gasteiger partial charge < -0.3 is 14.6 Å². The summed E-state index contributed by atoms with van der Waals surface area (Å²) < 4.78 is 36.5. The van der Waals surface area contributed by atoms with Crippen molar-refractivity contribution in [1.29, 1.82) is 5.26 Å². The van der Waals surface area contributed by atoms with E-state index >= 15 is 0 Å². The molecule has 0 amide bonds. The molecule has 1 aliphatic carbocycles. The van der Waals surface area contributed by atoms with Crippen LogP contribution in [0.1, 0.15) is 11.5 Å². The van der Waals surface area contributed by atoms with Gasteiger partial charge in [0.2, 0.25) is 6.79 Å². The Balaban J connectivity index is 1.83. The summed E-state index contributed by atoms with van der Waals surface area (Å²) in [5.41, 5.74) is -1.62. The highest BCUT2D eigenvalue weighted by Gasteiger charge is 2.77. The quantitative estimate of drug-likeness (QED) is 0.874. The van der Waals surface area contributed by atoms with Crippen molar-refractivity contribution >= 4 is 15.8 Å². The maximum Gasteiger partial charge on any atom is 0.326 e. The van der Waals surface area contributed by atoms with Gasteiger partial charge >= 0.3 is 5.97 Å². The van der Waals surface area contributed by atoms with Crippen LogP contribution in [0.15, 0.2) is 53.4 Å². The standard InChI is InChI=1S/C18H13NO6S/c19-9-18(17(20)21)15(11-6-7-13-14(8-11)25-10-24-13)16(18)26(22,23)12-4-2-1-3-5-12/h1-8,15-16H,10H2,(H,20,21)/t15-,16+,18+/m1/s1. The van der Waals surface area contributed by atoms with Crippen LogP contribution < -0.4 is 9.47 Å². The highest BCUT2D eigenvalue weighted by Crippen LogP contribution is 2.64. The fourth-order valence-electron chi connectivity index (χ4n) is 3.52. The Morgan fingerprint density at radius 1 is 1.15 bits per heavy atom. The highest BCUT2D eigenvalue weighted by atomic mass is 32.2. The molecule has 132 valence electrons. The number of hydrogen-bond acceptors (Lipinski definition) is 6. The van der Waals surface area contributed by atoms with Crippen molar-refractivity contribution in [2.75, 3.05) is 6.79 Å². The molecule has 1 N–H and O–H groups in total. The number of ether oxygens (including phenoxy) is 2. The molecular formula is C18H13NO6S. The van der Waals surface area contributed by atoms with E-state index in [1.165, 1.54) is 12.1 Å². The summed E-state index contributed by atoms with van der Waals surface area (Å²) >= 11 is 0. The van der Waals surface area contributed by atoms with Crippen LogP contribution in [-0.2, 0) is 14.6 Å². The lowest BCUT2D eigenvalue weighted by molar-refractivity contribution is -0.141. The Kier molecular flexibility index (Phi) is 3.46. The summed E-state index contributed by atoms with van der Waals surface area (Å²) in [5, 5.41) is 17.9. The minimum Gasteiger partial charge on any atom is -0.480 e. The van der Waals surface area contributed by atoms with Gasteiger partial charge in [0.15, 0.2) is 26.8 Å². The van der Waals surface area contributed by atoms with Crippen LogP contribution >= 0.6 is 0 Å². The van der Waals surface area contributed by atoms with E-state index in [0.29, 0.717) is 17.1 Å². The van der Waals surface area contributed by atoms with Crippen LogP contribution in [0.25, 0.3) is 0 Å². The highest BCUT2D eigenvalue weighted by molar-refractivity contribution is 7.92. The molecule has 0 bridgehead atoms. The second-order valence-corrected chi connectivity index (χ2v) is 8.22. The number of rotatable bonds is 4. The second-order valence-electron chi connectivity index (χ2n) is 6.16. The van der Waals surface area contributed by atoms with Gasteiger partial charge in [-0.15, -0.1) is 0 Å². The fourth-order valence-corrected chi connectivity index (χ4v) is 5.79. The summed E-state index contributed by atoms with van der Waals surface area (Å²) in [4.78, 5) is 11.9. The topological polar surface area (TPSA) is 114 Å². The zero-order valence-electron chi connectivity index (χ0n) is 13.3. The van der Waals surface area contributed by atoms with Crippen molar-refractivity contribution in [2.45, 2.75) is 16.1 Å². The lowest BCUT2D eigenvalue weighted by Crippen LogP contribution is -2.22. The molecule has 1 heterocycles. The number of carbonyl (C=O) groups is 1.